The first-order valence-corrected chi connectivity index (χ1v) is 7.65. The van der Waals surface area contributed by atoms with Crippen LogP contribution in [0.2, 0.25) is 0 Å². The minimum atomic E-state index is -0.414. The number of hydrogen-bond donors (Lipinski definition) is 0. The Kier molecular flexibility index (Phi) is 4.52. The van der Waals surface area contributed by atoms with E-state index in [1.165, 1.54) is 25.3 Å². The van der Waals surface area contributed by atoms with E-state index in [-0.39, 0.29) is 11.6 Å². The molecule has 0 atom stereocenters. The molecule has 1 heterocycles. The zero-order chi connectivity index (χ0) is 17.1. The van der Waals surface area contributed by atoms with Crippen molar-refractivity contribution in [3.05, 3.63) is 53.6 Å². The lowest BCUT2D eigenvalue weighted by Gasteiger charge is -2.37. The van der Waals surface area contributed by atoms with Crippen molar-refractivity contribution >= 4 is 11.4 Å². The molecular weight excluding hydrogens is 312 g/mol. The number of anilines is 2. The zero-order valence-corrected chi connectivity index (χ0v) is 13.3. The highest BCUT2D eigenvalue weighted by Crippen LogP contribution is 2.27. The van der Waals surface area contributed by atoms with Crippen molar-refractivity contribution in [2.45, 2.75) is 0 Å². The Bertz CT molecular complexity index is 780. The number of piperazine rings is 1. The first kappa shape index (κ1) is 16.1. The molecule has 0 amide bonds. The summed E-state index contributed by atoms with van der Waals surface area (Å²) in [5.74, 6) is -0.576. The lowest BCUT2D eigenvalue weighted by atomic mass is 10.1. The molecule has 0 bridgehead atoms. The summed E-state index contributed by atoms with van der Waals surface area (Å²) in [6.07, 6.45) is 0. The Morgan fingerprint density at radius 1 is 1.00 bits per heavy atom. The third-order valence-electron chi connectivity index (χ3n) is 4.20. The summed E-state index contributed by atoms with van der Waals surface area (Å²) in [6, 6.07) is 11.2. The Morgan fingerprint density at radius 2 is 1.71 bits per heavy atom. The normalized spacial score (nSPS) is 14.4. The minimum Gasteiger partial charge on any atom is -0.494 e. The predicted octanol–water partition coefficient (Wildman–Crippen LogP) is 3.17. The number of nitrogens with zero attached hydrogens (tertiary/aromatic N) is 3. The predicted molar refractivity (Wildman–Crippen MR) is 88.5 cm³/mol. The topological polar surface area (TPSA) is 39.5 Å². The van der Waals surface area contributed by atoms with E-state index in [1.54, 1.807) is 12.1 Å². The van der Waals surface area contributed by atoms with Crippen LogP contribution in [0.1, 0.15) is 5.56 Å². The van der Waals surface area contributed by atoms with Crippen molar-refractivity contribution in [3.8, 4) is 11.8 Å². The number of ether oxygens (including phenoxy) is 1. The molecule has 6 heteroatoms. The SMILES string of the molecule is COc1ccc(N2CCN(c3ccc(F)cc3C#N)CC2)cc1F. The second-order valence-corrected chi connectivity index (χ2v) is 5.57. The number of methoxy groups -OCH3 is 1. The number of hydrogen-bond acceptors (Lipinski definition) is 4. The maximum atomic E-state index is 13.8. The summed E-state index contributed by atoms with van der Waals surface area (Å²) in [5.41, 5.74) is 1.87. The molecule has 1 fully saturated rings. The van der Waals surface area contributed by atoms with Crippen LogP contribution in [0.4, 0.5) is 20.2 Å². The van der Waals surface area contributed by atoms with E-state index >= 15 is 0 Å². The standard InChI is InChI=1S/C18H17F2N3O/c1-24-18-5-3-15(11-16(18)20)22-6-8-23(9-7-22)17-4-2-14(19)10-13(17)12-21/h2-5,10-11H,6-9H2,1H3. The van der Waals surface area contributed by atoms with Gasteiger partial charge in [0.1, 0.15) is 11.9 Å². The Labute approximate surface area is 139 Å². The first-order chi connectivity index (χ1) is 11.6. The molecule has 0 radical (unpaired) electrons. The Hall–Kier alpha value is -2.81. The average molecular weight is 329 g/mol. The number of halogens is 2. The maximum Gasteiger partial charge on any atom is 0.167 e. The number of benzene rings is 2. The van der Waals surface area contributed by atoms with Gasteiger partial charge in [-0.1, -0.05) is 0 Å². The van der Waals surface area contributed by atoms with Crippen LogP contribution in [0, 0.1) is 23.0 Å². The second-order valence-electron chi connectivity index (χ2n) is 5.57. The zero-order valence-electron chi connectivity index (χ0n) is 13.3. The van der Waals surface area contributed by atoms with Crippen LogP contribution < -0.4 is 14.5 Å². The number of nitriles is 1. The lowest BCUT2D eigenvalue weighted by molar-refractivity contribution is 0.386. The van der Waals surface area contributed by atoms with Gasteiger partial charge in [-0.25, -0.2) is 8.78 Å². The molecule has 2 aromatic rings. The van der Waals surface area contributed by atoms with Crippen LogP contribution >= 0.6 is 0 Å². The molecule has 3 rings (SSSR count). The van der Waals surface area contributed by atoms with Crippen molar-refractivity contribution in [1.82, 2.24) is 0 Å². The maximum absolute atomic E-state index is 13.8. The molecule has 1 aliphatic heterocycles. The van der Waals surface area contributed by atoms with Gasteiger partial charge >= 0.3 is 0 Å². The van der Waals surface area contributed by atoms with E-state index in [2.05, 4.69) is 4.90 Å². The van der Waals surface area contributed by atoms with Crippen LogP contribution in [0.15, 0.2) is 36.4 Å². The summed E-state index contributed by atoms with van der Waals surface area (Å²) in [7, 11) is 1.44. The quantitative estimate of drug-likeness (QED) is 0.867. The van der Waals surface area contributed by atoms with Crippen LogP contribution in [0.3, 0.4) is 0 Å². The van der Waals surface area contributed by atoms with Crippen molar-refractivity contribution in [2.24, 2.45) is 0 Å². The van der Waals surface area contributed by atoms with Crippen LogP contribution in [-0.4, -0.2) is 33.3 Å². The summed E-state index contributed by atoms with van der Waals surface area (Å²) >= 11 is 0. The van der Waals surface area contributed by atoms with Crippen molar-refractivity contribution in [2.75, 3.05) is 43.1 Å². The van der Waals surface area contributed by atoms with E-state index in [1.807, 2.05) is 17.0 Å². The molecule has 124 valence electrons. The molecular formula is C18H17F2N3O. The fourth-order valence-corrected chi connectivity index (χ4v) is 2.93. The van der Waals surface area contributed by atoms with Gasteiger partial charge in [-0.15, -0.1) is 0 Å². The molecule has 0 N–H and O–H groups in total. The van der Waals surface area contributed by atoms with Crippen molar-refractivity contribution in [1.29, 1.82) is 5.26 Å². The van der Waals surface area contributed by atoms with E-state index < -0.39 is 5.82 Å². The number of rotatable bonds is 3. The third kappa shape index (κ3) is 3.11. The van der Waals surface area contributed by atoms with Gasteiger partial charge in [-0.2, -0.15) is 5.26 Å². The molecule has 0 saturated carbocycles. The third-order valence-corrected chi connectivity index (χ3v) is 4.20. The van der Waals surface area contributed by atoms with Crippen LogP contribution in [0.5, 0.6) is 5.75 Å². The van der Waals surface area contributed by atoms with Crippen LogP contribution in [-0.2, 0) is 0 Å². The van der Waals surface area contributed by atoms with Crippen molar-refractivity contribution in [3.63, 3.8) is 0 Å². The molecule has 0 spiro atoms. The van der Waals surface area contributed by atoms with Crippen LogP contribution in [0.25, 0.3) is 0 Å². The highest BCUT2D eigenvalue weighted by molar-refractivity contribution is 5.61. The fourth-order valence-electron chi connectivity index (χ4n) is 2.93. The molecule has 0 aliphatic carbocycles. The average Bonchev–Trinajstić information content (AvgIpc) is 2.61. The highest BCUT2D eigenvalue weighted by atomic mass is 19.1. The van der Waals surface area contributed by atoms with E-state index in [0.29, 0.717) is 31.7 Å². The van der Waals surface area contributed by atoms with Gasteiger partial charge < -0.3 is 14.5 Å². The highest BCUT2D eigenvalue weighted by Gasteiger charge is 2.20. The smallest absolute Gasteiger partial charge is 0.167 e. The molecule has 1 aliphatic rings. The summed E-state index contributed by atoms with van der Waals surface area (Å²) in [6.45, 7) is 2.73. The van der Waals surface area contributed by atoms with E-state index in [4.69, 9.17) is 4.74 Å². The van der Waals surface area contributed by atoms with E-state index in [0.717, 1.165) is 11.4 Å². The van der Waals surface area contributed by atoms with Gasteiger partial charge in [0.2, 0.25) is 0 Å². The Morgan fingerprint density at radius 3 is 2.33 bits per heavy atom. The van der Waals surface area contributed by atoms with Gasteiger partial charge in [0.15, 0.2) is 11.6 Å². The lowest BCUT2D eigenvalue weighted by Crippen LogP contribution is -2.46. The van der Waals surface area contributed by atoms with E-state index in [9.17, 15) is 14.0 Å². The fraction of sp³-hybridized carbons (Fsp3) is 0.278. The minimum absolute atomic E-state index is 0.224. The summed E-state index contributed by atoms with van der Waals surface area (Å²) < 4.78 is 32.0. The molecule has 0 unspecified atom stereocenters. The van der Waals surface area contributed by atoms with Gasteiger partial charge in [-0.3, -0.25) is 0 Å². The first-order valence-electron chi connectivity index (χ1n) is 7.65. The molecule has 1 saturated heterocycles. The summed E-state index contributed by atoms with van der Waals surface area (Å²) in [4.78, 5) is 4.13. The van der Waals surface area contributed by atoms with Crippen molar-refractivity contribution < 1.29 is 13.5 Å². The molecule has 2 aromatic carbocycles. The van der Waals surface area contributed by atoms with Gasteiger partial charge in [-0.05, 0) is 30.3 Å². The molecule has 24 heavy (non-hydrogen) atoms. The second kappa shape index (κ2) is 6.75. The Balaban J connectivity index is 1.72. The van der Waals surface area contributed by atoms with Gasteiger partial charge in [0.05, 0.1) is 18.4 Å². The van der Waals surface area contributed by atoms with Gasteiger partial charge in [0.25, 0.3) is 0 Å². The summed E-state index contributed by atoms with van der Waals surface area (Å²) in [5, 5.41) is 9.18. The molecule has 0 aromatic heterocycles. The molecule has 4 nitrogen and oxygen atoms in total. The monoisotopic (exact) mass is 329 g/mol. The van der Waals surface area contributed by atoms with Gasteiger partial charge in [0, 0.05) is 37.9 Å². The largest absolute Gasteiger partial charge is 0.494 e.